The van der Waals surface area contributed by atoms with Crippen molar-refractivity contribution in [2.24, 2.45) is 0 Å². The molecule has 1 N–H and O–H groups in total. The predicted molar refractivity (Wildman–Crippen MR) is 63.8 cm³/mol. The van der Waals surface area contributed by atoms with Crippen LogP contribution in [0.1, 0.15) is 32.3 Å². The molecule has 0 aliphatic rings. The van der Waals surface area contributed by atoms with Crippen LogP contribution < -0.4 is 5.32 Å². The minimum Gasteiger partial charge on any atom is -0.382 e. The third-order valence-corrected chi connectivity index (χ3v) is 2.21. The maximum Gasteiger partial charge on any atom is 0.0345 e. The van der Waals surface area contributed by atoms with Gasteiger partial charge >= 0.3 is 0 Å². The molecular weight excluding hydrogens is 170 g/mol. The van der Waals surface area contributed by atoms with Gasteiger partial charge in [-0.15, -0.1) is 0 Å². The van der Waals surface area contributed by atoms with Gasteiger partial charge in [-0.2, -0.15) is 0 Å². The summed E-state index contributed by atoms with van der Waals surface area (Å²) in [4.78, 5) is 0. The fourth-order valence-corrected chi connectivity index (χ4v) is 1.30. The quantitative estimate of drug-likeness (QED) is 0.710. The van der Waals surface area contributed by atoms with Gasteiger partial charge in [0, 0.05) is 12.2 Å². The summed E-state index contributed by atoms with van der Waals surface area (Å²) in [5.74, 6) is 0.596. The van der Waals surface area contributed by atoms with Crippen molar-refractivity contribution in [1.82, 2.24) is 0 Å². The van der Waals surface area contributed by atoms with Gasteiger partial charge in [-0.25, -0.2) is 0 Å². The van der Waals surface area contributed by atoms with Gasteiger partial charge in [0.1, 0.15) is 0 Å². The summed E-state index contributed by atoms with van der Waals surface area (Å²) in [5, 5.41) is 3.35. The molecule has 1 rings (SSSR count). The van der Waals surface area contributed by atoms with Gasteiger partial charge in [-0.3, -0.25) is 0 Å². The van der Waals surface area contributed by atoms with Crippen molar-refractivity contribution in [2.75, 3.05) is 11.9 Å². The van der Waals surface area contributed by atoms with Crippen LogP contribution in [0.2, 0.25) is 0 Å². The van der Waals surface area contributed by atoms with Crippen molar-refractivity contribution in [3.05, 3.63) is 42.0 Å². The van der Waals surface area contributed by atoms with Crippen LogP contribution in [0.3, 0.4) is 0 Å². The Morgan fingerprint density at radius 3 is 2.79 bits per heavy atom. The molecule has 0 aliphatic carbocycles. The standard InChI is InChI=1S/C13H19N/c1-4-5-9-14-13-8-6-7-12(10-13)11(2)3/h4-8,10-11,14H,9H2,1-3H3. The van der Waals surface area contributed by atoms with E-state index in [-0.39, 0.29) is 0 Å². The normalized spacial score (nSPS) is 11.1. The largest absolute Gasteiger partial charge is 0.382 e. The van der Waals surface area contributed by atoms with E-state index in [1.54, 1.807) is 0 Å². The molecule has 0 unspecified atom stereocenters. The van der Waals surface area contributed by atoms with Crippen LogP contribution in [0.5, 0.6) is 0 Å². The van der Waals surface area contributed by atoms with Crippen molar-refractivity contribution < 1.29 is 0 Å². The fourth-order valence-electron chi connectivity index (χ4n) is 1.30. The third-order valence-electron chi connectivity index (χ3n) is 2.21. The molecule has 14 heavy (non-hydrogen) atoms. The van der Waals surface area contributed by atoms with Crippen molar-refractivity contribution in [3.63, 3.8) is 0 Å². The molecule has 1 aromatic carbocycles. The van der Waals surface area contributed by atoms with Gasteiger partial charge in [0.05, 0.1) is 0 Å². The van der Waals surface area contributed by atoms with Crippen LogP contribution in [0, 0.1) is 0 Å². The van der Waals surface area contributed by atoms with Crippen LogP contribution in [-0.4, -0.2) is 6.54 Å². The van der Waals surface area contributed by atoms with Crippen molar-refractivity contribution >= 4 is 5.69 Å². The highest BCUT2D eigenvalue weighted by Gasteiger charge is 1.98. The molecule has 0 spiro atoms. The third kappa shape index (κ3) is 3.25. The lowest BCUT2D eigenvalue weighted by atomic mass is 10.0. The number of hydrogen-bond acceptors (Lipinski definition) is 1. The number of nitrogens with one attached hydrogen (secondary N) is 1. The Balaban J connectivity index is 2.64. The molecule has 1 heteroatoms. The van der Waals surface area contributed by atoms with E-state index < -0.39 is 0 Å². The second-order valence-corrected chi connectivity index (χ2v) is 3.73. The zero-order valence-corrected chi connectivity index (χ0v) is 9.25. The lowest BCUT2D eigenvalue weighted by molar-refractivity contribution is 0.867. The number of benzene rings is 1. The van der Waals surface area contributed by atoms with Gasteiger partial charge in [0.25, 0.3) is 0 Å². The van der Waals surface area contributed by atoms with Crippen LogP contribution >= 0.6 is 0 Å². The van der Waals surface area contributed by atoms with Crippen molar-refractivity contribution in [3.8, 4) is 0 Å². The summed E-state index contributed by atoms with van der Waals surface area (Å²) in [6.45, 7) is 7.36. The van der Waals surface area contributed by atoms with E-state index in [1.807, 2.05) is 6.92 Å². The number of rotatable bonds is 4. The maximum absolute atomic E-state index is 3.35. The van der Waals surface area contributed by atoms with Gasteiger partial charge < -0.3 is 5.32 Å². The molecule has 0 bridgehead atoms. The first-order valence-electron chi connectivity index (χ1n) is 5.19. The van der Waals surface area contributed by atoms with E-state index in [2.05, 4.69) is 55.6 Å². The van der Waals surface area contributed by atoms with Gasteiger partial charge in [0.15, 0.2) is 0 Å². The average molecular weight is 189 g/mol. The molecule has 1 aromatic rings. The predicted octanol–water partition coefficient (Wildman–Crippen LogP) is 3.80. The van der Waals surface area contributed by atoms with E-state index >= 15 is 0 Å². The van der Waals surface area contributed by atoms with Crippen molar-refractivity contribution in [2.45, 2.75) is 26.7 Å². The van der Waals surface area contributed by atoms with E-state index in [1.165, 1.54) is 11.3 Å². The zero-order chi connectivity index (χ0) is 10.4. The van der Waals surface area contributed by atoms with Crippen LogP contribution in [0.4, 0.5) is 5.69 Å². The lowest BCUT2D eigenvalue weighted by Gasteiger charge is -2.08. The molecular formula is C13H19N. The summed E-state index contributed by atoms with van der Waals surface area (Å²) >= 11 is 0. The Bertz CT molecular complexity index is 300. The molecule has 0 heterocycles. The Kier molecular flexibility index (Phi) is 4.24. The Hall–Kier alpha value is -1.24. The van der Waals surface area contributed by atoms with Crippen LogP contribution in [0.25, 0.3) is 0 Å². The van der Waals surface area contributed by atoms with Gasteiger partial charge in [-0.05, 0) is 30.5 Å². The summed E-state index contributed by atoms with van der Waals surface area (Å²) in [6.07, 6.45) is 4.17. The minimum atomic E-state index is 0.596. The zero-order valence-electron chi connectivity index (χ0n) is 9.25. The molecule has 1 nitrogen and oxygen atoms in total. The summed E-state index contributed by atoms with van der Waals surface area (Å²) in [5.41, 5.74) is 2.59. The van der Waals surface area contributed by atoms with Crippen LogP contribution in [0.15, 0.2) is 36.4 Å². The fraction of sp³-hybridized carbons (Fsp3) is 0.385. The highest BCUT2D eigenvalue weighted by molar-refractivity contribution is 5.46. The monoisotopic (exact) mass is 189 g/mol. The maximum atomic E-state index is 3.35. The minimum absolute atomic E-state index is 0.596. The Morgan fingerprint density at radius 2 is 2.14 bits per heavy atom. The molecule has 0 saturated carbocycles. The molecule has 0 aliphatic heterocycles. The van der Waals surface area contributed by atoms with E-state index in [4.69, 9.17) is 0 Å². The first kappa shape index (κ1) is 10.8. The lowest BCUT2D eigenvalue weighted by Crippen LogP contribution is -1.98. The van der Waals surface area contributed by atoms with E-state index in [9.17, 15) is 0 Å². The number of hydrogen-bond donors (Lipinski definition) is 1. The Labute approximate surface area is 86.8 Å². The molecule has 0 amide bonds. The first-order valence-corrected chi connectivity index (χ1v) is 5.19. The second kappa shape index (κ2) is 5.48. The topological polar surface area (TPSA) is 12.0 Å². The molecule has 0 atom stereocenters. The van der Waals surface area contributed by atoms with Crippen LogP contribution in [-0.2, 0) is 0 Å². The summed E-state index contributed by atoms with van der Waals surface area (Å²) in [7, 11) is 0. The smallest absolute Gasteiger partial charge is 0.0345 e. The molecule has 0 fully saturated rings. The summed E-state index contributed by atoms with van der Waals surface area (Å²) in [6, 6.07) is 8.60. The van der Waals surface area contributed by atoms with E-state index in [0.717, 1.165) is 6.54 Å². The molecule has 76 valence electrons. The highest BCUT2D eigenvalue weighted by Crippen LogP contribution is 2.18. The second-order valence-electron chi connectivity index (χ2n) is 3.73. The van der Waals surface area contributed by atoms with Gasteiger partial charge in [0.2, 0.25) is 0 Å². The van der Waals surface area contributed by atoms with Crippen molar-refractivity contribution in [1.29, 1.82) is 0 Å². The average Bonchev–Trinajstić information content (AvgIpc) is 2.19. The number of anilines is 1. The molecule has 0 saturated heterocycles. The first-order chi connectivity index (χ1) is 6.74. The SMILES string of the molecule is CC=CCNc1cccc(C(C)C)c1. The Morgan fingerprint density at radius 1 is 1.36 bits per heavy atom. The highest BCUT2D eigenvalue weighted by atomic mass is 14.8. The number of allylic oxidation sites excluding steroid dienone is 1. The molecule has 0 aromatic heterocycles. The van der Waals surface area contributed by atoms with E-state index in [0.29, 0.717) is 5.92 Å². The van der Waals surface area contributed by atoms with Gasteiger partial charge in [-0.1, -0.05) is 38.1 Å². The summed E-state index contributed by atoms with van der Waals surface area (Å²) < 4.78 is 0. The molecule has 0 radical (unpaired) electrons.